The van der Waals surface area contributed by atoms with Crippen LogP contribution in [0.15, 0.2) is 144 Å². The number of hydrogen-bond acceptors (Lipinski definition) is 20. The first-order valence-electron chi connectivity index (χ1n) is 45.3. The third kappa shape index (κ3) is 45.1. The molecule has 9 heterocycles. The topological polar surface area (TPSA) is 283 Å². The quantitative estimate of drug-likeness (QED) is 0.0439. The van der Waals surface area contributed by atoms with Crippen LogP contribution in [0.3, 0.4) is 0 Å². The van der Waals surface area contributed by atoms with Crippen LogP contribution in [0.1, 0.15) is 288 Å². The van der Waals surface area contributed by atoms with Gasteiger partial charge >= 0.3 is 36.4 Å². The molecule has 6 fully saturated rings. The molecule has 0 saturated carbocycles. The summed E-state index contributed by atoms with van der Waals surface area (Å²) in [5, 5.41) is 0. The molecule has 21 heteroatoms. The van der Waals surface area contributed by atoms with Gasteiger partial charge in [0.25, 0.3) is 0 Å². The first kappa shape index (κ1) is 105. The molecular weight excluding hydrogens is 1520 g/mol. The second kappa shape index (κ2) is 62.7. The average Bonchev–Trinajstić information content (AvgIpc) is 0.849. The van der Waals surface area contributed by atoms with Gasteiger partial charge in [0.05, 0.1) is 92.5 Å². The molecule has 0 aromatic rings. The molecular formula is C99H150N2O19. The fourth-order valence-electron chi connectivity index (χ4n) is 17.0. The van der Waals surface area contributed by atoms with Crippen LogP contribution in [-0.2, 0) is 90.6 Å². The molecule has 9 aliphatic rings. The SMILES string of the molecule is C/C=C1\CC2CC(=O)OC(/C=C/C=C\CCCC(=O)N(C)C)[C@@H](C)/C=C/[C@H](C)C[C@H]3CCCC(C[C@@H](C1)O2)O3.C/C=C1\CC2CC(=O)OC(/C=C/C=C\CCCCC)[C@@H](C)/C=C/[C@H](C)C[C@H]3CCCC(C[C@@H](C1)O2)O3.C/C=C1\CC2CC(=O)OC(/C=C/C=C\CCCCN)[C@@H](C)/C=C/[C@H](C)C[C@H]3CCCC(C[C@@H](C1)O2)O3.O=C=O.O=C=O.O=C=O. The van der Waals surface area contributed by atoms with Crippen LogP contribution in [0.25, 0.3) is 0 Å². The molecule has 670 valence electrons. The van der Waals surface area contributed by atoms with Crippen LogP contribution in [0, 0.1) is 35.5 Å². The predicted octanol–water partition coefficient (Wildman–Crippen LogP) is 19.6. The van der Waals surface area contributed by atoms with Crippen LogP contribution < -0.4 is 5.73 Å². The molecule has 120 heavy (non-hydrogen) atoms. The average molecular weight is 1670 g/mol. The molecule has 0 aliphatic carbocycles. The summed E-state index contributed by atoms with van der Waals surface area (Å²) in [5.41, 5.74) is 9.68. The van der Waals surface area contributed by atoms with E-state index >= 15 is 0 Å². The minimum Gasteiger partial charge on any atom is -0.457 e. The number of hydrogen-bond donors (Lipinski definition) is 1. The lowest BCUT2D eigenvalue weighted by Crippen LogP contribution is -2.37. The van der Waals surface area contributed by atoms with Crippen molar-refractivity contribution in [2.24, 2.45) is 41.2 Å². The van der Waals surface area contributed by atoms with Crippen LogP contribution >= 0.6 is 0 Å². The van der Waals surface area contributed by atoms with Crippen molar-refractivity contribution in [3.8, 4) is 0 Å². The van der Waals surface area contributed by atoms with E-state index in [0.717, 1.165) is 161 Å². The summed E-state index contributed by atoms with van der Waals surface area (Å²) >= 11 is 0. The minimum atomic E-state index is -0.357. The van der Waals surface area contributed by atoms with Crippen molar-refractivity contribution in [3.63, 3.8) is 0 Å². The summed E-state index contributed by atoms with van der Waals surface area (Å²) in [6.07, 6.45) is 78.2. The zero-order chi connectivity index (χ0) is 87.8. The maximum Gasteiger partial charge on any atom is 0.373 e. The van der Waals surface area contributed by atoms with Crippen molar-refractivity contribution >= 4 is 42.3 Å². The minimum absolute atomic E-state index is 0.0396. The summed E-state index contributed by atoms with van der Waals surface area (Å²) in [5.74, 6) is 1.01. The molecule has 21 nitrogen and oxygen atoms in total. The molecule has 6 saturated heterocycles. The van der Waals surface area contributed by atoms with Gasteiger partial charge in [-0.1, -0.05) is 187 Å². The second-order valence-corrected chi connectivity index (χ2v) is 34.3. The van der Waals surface area contributed by atoms with Crippen molar-refractivity contribution in [3.05, 3.63) is 144 Å². The number of carbonyl (C=O) groups excluding carboxylic acids is 10. The third-order valence-corrected chi connectivity index (χ3v) is 23.6. The Morgan fingerprint density at radius 1 is 0.383 bits per heavy atom. The molecule has 21 atom stereocenters. The van der Waals surface area contributed by atoms with Gasteiger partial charge in [-0.25, -0.2) is 0 Å². The number of cyclic esters (lactones) is 3. The summed E-state index contributed by atoms with van der Waals surface area (Å²) < 4.78 is 57.0. The zero-order valence-corrected chi connectivity index (χ0v) is 74.8. The molecule has 0 aromatic heterocycles. The molecule has 9 rings (SSSR count). The first-order valence-corrected chi connectivity index (χ1v) is 45.3. The first-order chi connectivity index (χ1) is 57.9. The van der Waals surface area contributed by atoms with Gasteiger partial charge < -0.3 is 53.3 Å². The van der Waals surface area contributed by atoms with E-state index < -0.39 is 0 Å². The Kier molecular flexibility index (Phi) is 54.8. The van der Waals surface area contributed by atoms with E-state index in [1.165, 1.54) is 55.2 Å². The lowest BCUT2D eigenvalue weighted by atomic mass is 9.90. The van der Waals surface area contributed by atoms with E-state index in [1.807, 2.05) is 48.6 Å². The molecule has 9 aliphatic heterocycles. The second-order valence-electron chi connectivity index (χ2n) is 34.3. The Morgan fingerprint density at radius 3 is 0.942 bits per heavy atom. The summed E-state index contributed by atoms with van der Waals surface area (Å²) in [6, 6.07) is 0. The van der Waals surface area contributed by atoms with E-state index in [4.69, 9.17) is 77.1 Å². The number of rotatable bonds is 18. The lowest BCUT2D eigenvalue weighted by molar-refractivity contribution is -0.193. The van der Waals surface area contributed by atoms with E-state index in [-0.39, 0.29) is 146 Å². The molecule has 0 aromatic carbocycles. The maximum atomic E-state index is 13.1. The molecule has 9 unspecified atom stereocenters. The molecule has 12 bridgehead atoms. The van der Waals surface area contributed by atoms with Crippen molar-refractivity contribution in [1.82, 2.24) is 4.90 Å². The van der Waals surface area contributed by atoms with Gasteiger partial charge in [0.15, 0.2) is 0 Å². The van der Waals surface area contributed by atoms with Crippen LogP contribution in [0.2, 0.25) is 0 Å². The Balaban J connectivity index is 0.000000360. The fraction of sp³-hybridized carbons (Fsp3) is 0.687. The Labute approximate surface area is 719 Å². The maximum absolute atomic E-state index is 13.1. The standard InChI is InChI=1S/C33H51NO5.C32H50O4.C31H49NO4.3CO2/c1-6-26-20-29-22-28-14-12-13-27(37-28)19-24(2)17-18-25(3)31(39-33(36)23-30(21-26)38-29)15-10-8-7-9-11-16-32(35)34(4)5;1-5-7-8-9-10-11-12-16-31-25(4)18-17-24(3)19-27-14-13-15-28(34-27)22-29-20-26(6-2)21-30(35-29)23-32(33)36-31;1-4-25-19-28-21-27-13-11-12-26(34-27)18-23(2)15-16-24(3)30(14-9-7-5-6-8-10-17-32)36-31(33)22-29(20-25)35-28;3*2-1-3/h6-8,10,15,17-18,24-25,27-31H,9,11-14,16,19-23H2,1-5H3;6,10-12,16-18,24-25,27-31H,5,7-9,13-15,19-23H2,1-4H3;4-5,7,9,14-16,23-24,26-30H,6,8,10-13,17-22,32H2,1-3H3;;;/b8-7-,15-10+,18-17+,26-6-;11-10-,16-12+,18-17+,26-6-;7-5-,14-9+,16-15+,25-4-;;;/t2*24-,25-,27+,28?,29+,30?,31?;23-,24-,26+,27?,28+,29?,30?;;;/m000.../s1. The molecule has 1 amide bonds. The van der Waals surface area contributed by atoms with E-state index in [0.29, 0.717) is 48.9 Å². The molecule has 0 spiro atoms. The highest BCUT2D eigenvalue weighted by molar-refractivity contribution is 5.75. The number of nitrogens with two attached hydrogens (primary N) is 1. The highest BCUT2D eigenvalue weighted by Gasteiger charge is 2.37. The smallest absolute Gasteiger partial charge is 0.373 e. The number of nitrogens with zero attached hydrogens (tertiary/aromatic N) is 1. The largest absolute Gasteiger partial charge is 0.457 e. The summed E-state index contributed by atoms with van der Waals surface area (Å²) in [6.45, 7) is 22.3. The van der Waals surface area contributed by atoms with Crippen molar-refractivity contribution in [1.29, 1.82) is 0 Å². The summed E-state index contributed by atoms with van der Waals surface area (Å²) in [4.78, 5) is 101. The van der Waals surface area contributed by atoms with Gasteiger partial charge in [-0.2, -0.15) is 28.8 Å². The van der Waals surface area contributed by atoms with Gasteiger partial charge in [-0.05, 0) is 224 Å². The Bertz CT molecular complexity index is 3270. The van der Waals surface area contributed by atoms with Crippen LogP contribution in [-0.4, -0.2) is 159 Å². The normalized spacial score (nSPS) is 33.6. The summed E-state index contributed by atoms with van der Waals surface area (Å²) in [7, 11) is 3.57. The number of amides is 1. The van der Waals surface area contributed by atoms with E-state index in [1.54, 1.807) is 19.0 Å². The number of ether oxygens (including phenoxy) is 9. The number of carbonyl (C=O) groups is 4. The fourth-order valence-corrected chi connectivity index (χ4v) is 17.0. The molecule has 2 N–H and O–H groups in total. The van der Waals surface area contributed by atoms with Crippen molar-refractivity contribution in [2.75, 3.05) is 20.6 Å². The highest BCUT2D eigenvalue weighted by atomic mass is 16.6. The number of esters is 3. The zero-order valence-electron chi connectivity index (χ0n) is 74.8. The van der Waals surface area contributed by atoms with Crippen molar-refractivity contribution in [2.45, 2.75) is 379 Å². The van der Waals surface area contributed by atoms with Gasteiger partial charge in [-0.15, -0.1) is 0 Å². The highest BCUT2D eigenvalue weighted by Crippen LogP contribution is 2.38. The van der Waals surface area contributed by atoms with Crippen LogP contribution in [0.4, 0.5) is 0 Å². The lowest BCUT2D eigenvalue weighted by Gasteiger charge is -2.37. The van der Waals surface area contributed by atoms with E-state index in [9.17, 15) is 19.2 Å². The third-order valence-electron chi connectivity index (χ3n) is 23.6. The van der Waals surface area contributed by atoms with Gasteiger partial charge in [-0.3, -0.25) is 19.2 Å². The van der Waals surface area contributed by atoms with Gasteiger partial charge in [0, 0.05) is 57.5 Å². The Morgan fingerprint density at radius 2 is 0.658 bits per heavy atom. The van der Waals surface area contributed by atoms with Gasteiger partial charge in [0.1, 0.15) is 18.3 Å². The number of unbranched alkanes of at least 4 members (excludes halogenated alkanes) is 6. The molecule has 0 radical (unpaired) electrons. The number of fused-ring (bicyclic) bond motifs is 12. The Hall–Kier alpha value is -7.38. The van der Waals surface area contributed by atoms with Gasteiger partial charge in [0.2, 0.25) is 5.91 Å². The number of allylic oxidation sites excluding steroid dienone is 15. The van der Waals surface area contributed by atoms with Crippen LogP contribution in [0.5, 0.6) is 0 Å². The van der Waals surface area contributed by atoms with E-state index in [2.05, 4.69) is 148 Å². The van der Waals surface area contributed by atoms with Crippen molar-refractivity contribution < 1.29 is 90.6 Å². The predicted molar refractivity (Wildman–Crippen MR) is 466 cm³/mol. The monoisotopic (exact) mass is 1670 g/mol.